The predicted octanol–water partition coefficient (Wildman–Crippen LogP) is 2.64. The SMILES string of the molecule is O=C(CC(c1ccccc1)c1ccccc1)N[C@H]1C=CS(=O)(=O)C1. The fraction of sp³-hybridized carbons (Fsp3) is 0.211. The van der Waals surface area contributed by atoms with Crippen LogP contribution in [0.2, 0.25) is 0 Å². The van der Waals surface area contributed by atoms with E-state index in [1.165, 1.54) is 11.5 Å². The molecule has 0 saturated carbocycles. The van der Waals surface area contributed by atoms with Crippen molar-refractivity contribution >= 4 is 15.7 Å². The summed E-state index contributed by atoms with van der Waals surface area (Å²) in [5, 5.41) is 3.97. The van der Waals surface area contributed by atoms with Gasteiger partial charge in [0.05, 0.1) is 11.8 Å². The molecule has 24 heavy (non-hydrogen) atoms. The summed E-state index contributed by atoms with van der Waals surface area (Å²) in [5.41, 5.74) is 2.13. The topological polar surface area (TPSA) is 63.2 Å². The number of amides is 1. The Morgan fingerprint density at radius 2 is 1.54 bits per heavy atom. The maximum Gasteiger partial charge on any atom is 0.221 e. The highest BCUT2D eigenvalue weighted by Gasteiger charge is 2.25. The lowest BCUT2D eigenvalue weighted by Gasteiger charge is -2.19. The van der Waals surface area contributed by atoms with E-state index in [2.05, 4.69) is 5.32 Å². The molecule has 0 bridgehead atoms. The smallest absolute Gasteiger partial charge is 0.221 e. The number of hydrogen-bond donors (Lipinski definition) is 1. The standard InChI is InChI=1S/C19H19NO3S/c21-19(20-17-11-12-24(22,23)14-17)13-18(15-7-3-1-4-8-15)16-9-5-2-6-10-16/h1-12,17-18H,13-14H2,(H,20,21)/t17-/m0/s1. The van der Waals surface area contributed by atoms with Crippen molar-refractivity contribution in [2.24, 2.45) is 0 Å². The summed E-state index contributed by atoms with van der Waals surface area (Å²) in [6.45, 7) is 0. The van der Waals surface area contributed by atoms with E-state index in [0.717, 1.165) is 11.1 Å². The van der Waals surface area contributed by atoms with E-state index in [9.17, 15) is 13.2 Å². The molecule has 1 N–H and O–H groups in total. The summed E-state index contributed by atoms with van der Waals surface area (Å²) in [7, 11) is -3.17. The molecule has 4 nitrogen and oxygen atoms in total. The minimum absolute atomic E-state index is 0.0555. The molecule has 1 heterocycles. The number of nitrogens with one attached hydrogen (secondary N) is 1. The number of benzene rings is 2. The molecule has 0 radical (unpaired) electrons. The molecule has 1 amide bonds. The van der Waals surface area contributed by atoms with Gasteiger partial charge in [0.2, 0.25) is 5.91 Å². The van der Waals surface area contributed by atoms with E-state index < -0.39 is 15.9 Å². The van der Waals surface area contributed by atoms with Crippen molar-refractivity contribution in [1.29, 1.82) is 0 Å². The molecule has 2 aromatic rings. The highest BCUT2D eigenvalue weighted by atomic mass is 32.2. The first-order valence-corrected chi connectivity index (χ1v) is 9.55. The molecular weight excluding hydrogens is 322 g/mol. The van der Waals surface area contributed by atoms with Gasteiger partial charge < -0.3 is 5.32 Å². The second-order valence-electron chi connectivity index (χ2n) is 5.91. The molecule has 1 aliphatic heterocycles. The molecule has 3 rings (SSSR count). The molecule has 0 fully saturated rings. The van der Waals surface area contributed by atoms with Crippen LogP contribution in [0.15, 0.2) is 72.1 Å². The quantitative estimate of drug-likeness (QED) is 0.909. The third kappa shape index (κ3) is 4.11. The zero-order valence-corrected chi connectivity index (χ0v) is 13.9. The number of hydrogen-bond acceptors (Lipinski definition) is 3. The van der Waals surface area contributed by atoms with Gasteiger partial charge in [-0.15, -0.1) is 0 Å². The Kier molecular flexibility index (Phi) is 4.81. The molecule has 0 aliphatic carbocycles. The van der Waals surface area contributed by atoms with E-state index in [1.807, 2.05) is 60.7 Å². The van der Waals surface area contributed by atoms with Gasteiger partial charge in [-0.2, -0.15) is 0 Å². The Balaban J connectivity index is 1.75. The lowest BCUT2D eigenvalue weighted by atomic mass is 9.88. The summed E-state index contributed by atoms with van der Waals surface area (Å²) in [6, 6.07) is 19.3. The second-order valence-corrected chi connectivity index (χ2v) is 7.84. The molecule has 0 saturated heterocycles. The van der Waals surface area contributed by atoms with E-state index in [4.69, 9.17) is 0 Å². The van der Waals surface area contributed by atoms with Crippen molar-refractivity contribution in [3.8, 4) is 0 Å². The first-order chi connectivity index (χ1) is 11.5. The zero-order chi connectivity index (χ0) is 17.0. The largest absolute Gasteiger partial charge is 0.349 e. The van der Waals surface area contributed by atoms with Gasteiger partial charge >= 0.3 is 0 Å². The molecule has 5 heteroatoms. The van der Waals surface area contributed by atoms with Crippen LogP contribution in [0.25, 0.3) is 0 Å². The lowest BCUT2D eigenvalue weighted by molar-refractivity contribution is -0.121. The van der Waals surface area contributed by atoms with Gasteiger partial charge in [0.25, 0.3) is 0 Å². The molecule has 2 aromatic carbocycles. The van der Waals surface area contributed by atoms with Crippen molar-refractivity contribution in [2.75, 3.05) is 5.75 Å². The number of sulfone groups is 1. The number of carbonyl (C=O) groups excluding carboxylic acids is 1. The zero-order valence-electron chi connectivity index (χ0n) is 13.1. The highest BCUT2D eigenvalue weighted by molar-refractivity contribution is 7.94. The van der Waals surface area contributed by atoms with Crippen LogP contribution in [0.4, 0.5) is 0 Å². The number of carbonyl (C=O) groups is 1. The van der Waals surface area contributed by atoms with Gasteiger partial charge in [-0.05, 0) is 17.2 Å². The van der Waals surface area contributed by atoms with Crippen molar-refractivity contribution in [3.63, 3.8) is 0 Å². The van der Waals surface area contributed by atoms with Crippen LogP contribution >= 0.6 is 0 Å². The molecule has 1 atom stereocenters. The van der Waals surface area contributed by atoms with Crippen LogP contribution in [0.1, 0.15) is 23.5 Å². The van der Waals surface area contributed by atoms with E-state index in [1.54, 1.807) is 0 Å². The Hall–Kier alpha value is -2.40. The Bertz CT molecular complexity index is 790. The van der Waals surface area contributed by atoms with Gasteiger partial charge in [0, 0.05) is 17.7 Å². The van der Waals surface area contributed by atoms with Crippen LogP contribution < -0.4 is 5.32 Å². The van der Waals surface area contributed by atoms with Crippen molar-refractivity contribution < 1.29 is 13.2 Å². The summed E-state index contributed by atoms with van der Waals surface area (Å²) in [6.07, 6.45) is 1.81. The normalized spacial score (nSPS) is 18.6. The average molecular weight is 341 g/mol. The maximum absolute atomic E-state index is 12.4. The van der Waals surface area contributed by atoms with Gasteiger partial charge in [-0.1, -0.05) is 60.7 Å². The van der Waals surface area contributed by atoms with Crippen molar-refractivity contribution in [1.82, 2.24) is 5.32 Å². The average Bonchev–Trinajstić information content (AvgIpc) is 2.93. The predicted molar refractivity (Wildman–Crippen MR) is 94.2 cm³/mol. The summed E-state index contributed by atoms with van der Waals surface area (Å²) in [5.74, 6) is -0.270. The highest BCUT2D eigenvalue weighted by Crippen LogP contribution is 2.27. The van der Waals surface area contributed by atoms with Gasteiger partial charge in [-0.25, -0.2) is 8.42 Å². The minimum atomic E-state index is -3.17. The molecule has 1 aliphatic rings. The van der Waals surface area contributed by atoms with Crippen LogP contribution in [-0.4, -0.2) is 26.1 Å². The second kappa shape index (κ2) is 7.01. The van der Waals surface area contributed by atoms with Gasteiger partial charge in [0.15, 0.2) is 9.84 Å². The summed E-state index contributed by atoms with van der Waals surface area (Å²) >= 11 is 0. The molecule has 0 unspecified atom stereocenters. The van der Waals surface area contributed by atoms with Crippen LogP contribution in [0.5, 0.6) is 0 Å². The van der Waals surface area contributed by atoms with Crippen molar-refractivity contribution in [2.45, 2.75) is 18.4 Å². The molecule has 124 valence electrons. The third-order valence-electron chi connectivity index (χ3n) is 4.07. The van der Waals surface area contributed by atoms with Gasteiger partial charge in [-0.3, -0.25) is 4.79 Å². The van der Waals surface area contributed by atoms with E-state index in [-0.39, 0.29) is 24.0 Å². The van der Waals surface area contributed by atoms with Crippen LogP contribution in [-0.2, 0) is 14.6 Å². The van der Waals surface area contributed by atoms with E-state index in [0.29, 0.717) is 0 Å². The molecular formula is C19H19NO3S. The van der Waals surface area contributed by atoms with E-state index >= 15 is 0 Å². The molecule has 0 aromatic heterocycles. The first kappa shape index (κ1) is 16.5. The summed E-state index contributed by atoms with van der Waals surface area (Å²) < 4.78 is 22.9. The van der Waals surface area contributed by atoms with Crippen molar-refractivity contribution in [3.05, 3.63) is 83.3 Å². The fourth-order valence-corrected chi connectivity index (χ4v) is 4.15. The first-order valence-electron chi connectivity index (χ1n) is 7.84. The Morgan fingerprint density at radius 1 is 1.00 bits per heavy atom. The van der Waals surface area contributed by atoms with Crippen LogP contribution in [0, 0.1) is 0 Å². The lowest BCUT2D eigenvalue weighted by Crippen LogP contribution is -2.36. The number of rotatable bonds is 5. The molecule has 0 spiro atoms. The Morgan fingerprint density at radius 3 is 2.00 bits per heavy atom. The third-order valence-corrected chi connectivity index (χ3v) is 5.47. The van der Waals surface area contributed by atoms with Crippen LogP contribution in [0.3, 0.4) is 0 Å². The fourth-order valence-electron chi connectivity index (χ4n) is 2.92. The van der Waals surface area contributed by atoms with Gasteiger partial charge in [0.1, 0.15) is 0 Å². The monoisotopic (exact) mass is 341 g/mol. The maximum atomic E-state index is 12.4. The minimum Gasteiger partial charge on any atom is -0.349 e. The summed E-state index contributed by atoms with van der Waals surface area (Å²) in [4.78, 5) is 12.4. The Labute approximate surface area is 142 Å².